The predicted molar refractivity (Wildman–Crippen MR) is 69.5 cm³/mol. The third-order valence-electron chi connectivity index (χ3n) is 2.58. The van der Waals surface area contributed by atoms with E-state index in [1.807, 2.05) is 25.1 Å². The lowest BCUT2D eigenvalue weighted by Crippen LogP contribution is -1.87. The van der Waals surface area contributed by atoms with Gasteiger partial charge < -0.3 is 9.84 Å². The molecule has 2 rings (SSSR count). The first-order valence-corrected chi connectivity index (χ1v) is 6.22. The lowest BCUT2D eigenvalue weighted by Gasteiger charge is -2.05. The fourth-order valence-corrected chi connectivity index (χ4v) is 2.47. The number of aryl methyl sites for hydroxylation is 1. The van der Waals surface area contributed by atoms with Gasteiger partial charge in [0.25, 0.3) is 0 Å². The number of hydrogen-bond donors (Lipinski definition) is 1. The van der Waals surface area contributed by atoms with Crippen molar-refractivity contribution in [2.24, 2.45) is 0 Å². The van der Waals surface area contributed by atoms with Gasteiger partial charge in [0.05, 0.1) is 18.1 Å². The van der Waals surface area contributed by atoms with Crippen LogP contribution in [0.1, 0.15) is 23.5 Å². The Morgan fingerprint density at radius 2 is 2.18 bits per heavy atom. The fourth-order valence-electron chi connectivity index (χ4n) is 1.62. The summed E-state index contributed by atoms with van der Waals surface area (Å²) in [5.41, 5.74) is 2.14. The summed E-state index contributed by atoms with van der Waals surface area (Å²) >= 11 is 1.51. The Morgan fingerprint density at radius 3 is 2.71 bits per heavy atom. The van der Waals surface area contributed by atoms with E-state index >= 15 is 0 Å². The van der Waals surface area contributed by atoms with Crippen molar-refractivity contribution in [3.63, 3.8) is 0 Å². The van der Waals surface area contributed by atoms with Crippen LogP contribution in [0.4, 0.5) is 0 Å². The molecular formula is C13H15NO2S. The molecule has 0 saturated carbocycles. The molecule has 2 aromatic rings. The second-order valence-corrected chi connectivity index (χ2v) is 4.99. The van der Waals surface area contributed by atoms with Gasteiger partial charge in [-0.1, -0.05) is 0 Å². The molecule has 1 unspecified atom stereocenters. The quantitative estimate of drug-likeness (QED) is 0.908. The number of methoxy groups -OCH3 is 1. The average molecular weight is 249 g/mol. The van der Waals surface area contributed by atoms with Crippen LogP contribution in [0.5, 0.6) is 5.75 Å². The van der Waals surface area contributed by atoms with Crippen LogP contribution in [-0.4, -0.2) is 17.2 Å². The van der Waals surface area contributed by atoms with Crippen molar-refractivity contribution in [3.05, 3.63) is 34.8 Å². The first-order valence-electron chi connectivity index (χ1n) is 5.40. The van der Waals surface area contributed by atoms with Crippen molar-refractivity contribution < 1.29 is 9.84 Å². The van der Waals surface area contributed by atoms with Gasteiger partial charge in [0.15, 0.2) is 0 Å². The SMILES string of the molecule is COc1ccc(-c2ncc(C(C)O)s2)cc1C. The van der Waals surface area contributed by atoms with E-state index in [2.05, 4.69) is 4.98 Å². The molecule has 0 aliphatic carbocycles. The second-order valence-electron chi connectivity index (χ2n) is 3.93. The number of thiazole rings is 1. The molecule has 0 amide bonds. The molecule has 1 atom stereocenters. The molecule has 0 aliphatic heterocycles. The van der Waals surface area contributed by atoms with Crippen LogP contribution in [0.25, 0.3) is 10.6 Å². The summed E-state index contributed by atoms with van der Waals surface area (Å²) in [7, 11) is 1.66. The third-order valence-corrected chi connectivity index (χ3v) is 3.79. The van der Waals surface area contributed by atoms with Crippen molar-refractivity contribution >= 4 is 11.3 Å². The predicted octanol–water partition coefficient (Wildman–Crippen LogP) is 3.18. The van der Waals surface area contributed by atoms with E-state index in [9.17, 15) is 5.11 Å². The molecule has 0 saturated heterocycles. The van der Waals surface area contributed by atoms with Crippen LogP contribution >= 0.6 is 11.3 Å². The van der Waals surface area contributed by atoms with Crippen LogP contribution in [0.2, 0.25) is 0 Å². The third kappa shape index (κ3) is 2.48. The Kier molecular flexibility index (Phi) is 3.45. The minimum absolute atomic E-state index is 0.458. The van der Waals surface area contributed by atoms with E-state index in [-0.39, 0.29) is 0 Å². The zero-order valence-corrected chi connectivity index (χ0v) is 10.9. The zero-order chi connectivity index (χ0) is 12.4. The van der Waals surface area contributed by atoms with Crippen molar-refractivity contribution in [2.45, 2.75) is 20.0 Å². The fraction of sp³-hybridized carbons (Fsp3) is 0.308. The van der Waals surface area contributed by atoms with Gasteiger partial charge in [-0.05, 0) is 37.6 Å². The summed E-state index contributed by atoms with van der Waals surface area (Å²) in [5, 5.41) is 10.4. The van der Waals surface area contributed by atoms with Gasteiger partial charge in [-0.3, -0.25) is 0 Å². The summed E-state index contributed by atoms with van der Waals surface area (Å²) in [4.78, 5) is 5.20. The van der Waals surface area contributed by atoms with Gasteiger partial charge in [-0.25, -0.2) is 4.98 Å². The van der Waals surface area contributed by atoms with Crippen molar-refractivity contribution in [1.82, 2.24) is 4.98 Å². The highest BCUT2D eigenvalue weighted by atomic mass is 32.1. The van der Waals surface area contributed by atoms with Gasteiger partial charge in [-0.15, -0.1) is 11.3 Å². The highest BCUT2D eigenvalue weighted by Gasteiger charge is 2.09. The van der Waals surface area contributed by atoms with E-state index in [0.717, 1.165) is 26.8 Å². The van der Waals surface area contributed by atoms with E-state index < -0.39 is 6.10 Å². The molecule has 0 spiro atoms. The van der Waals surface area contributed by atoms with Crippen LogP contribution < -0.4 is 4.74 Å². The van der Waals surface area contributed by atoms with Gasteiger partial charge >= 0.3 is 0 Å². The number of aliphatic hydroxyl groups is 1. The number of benzene rings is 1. The first-order chi connectivity index (χ1) is 8.11. The molecule has 0 fully saturated rings. The molecule has 1 aromatic heterocycles. The molecule has 1 aromatic carbocycles. The van der Waals surface area contributed by atoms with Gasteiger partial charge in [0, 0.05) is 11.8 Å². The lowest BCUT2D eigenvalue weighted by molar-refractivity contribution is 0.203. The maximum absolute atomic E-state index is 9.47. The van der Waals surface area contributed by atoms with Crippen molar-refractivity contribution in [1.29, 1.82) is 0 Å². The van der Waals surface area contributed by atoms with E-state index in [0.29, 0.717) is 0 Å². The molecular weight excluding hydrogens is 234 g/mol. The molecule has 1 N–H and O–H groups in total. The minimum atomic E-state index is -0.458. The standard InChI is InChI=1S/C13H15NO2S/c1-8-6-10(4-5-11(8)16-3)13-14-7-12(17-13)9(2)15/h4-7,9,15H,1-3H3. The number of ether oxygens (including phenoxy) is 1. The maximum atomic E-state index is 9.47. The van der Waals surface area contributed by atoms with E-state index in [1.165, 1.54) is 11.3 Å². The molecule has 0 radical (unpaired) electrons. The summed E-state index contributed by atoms with van der Waals surface area (Å²) < 4.78 is 5.22. The Balaban J connectivity index is 2.36. The van der Waals surface area contributed by atoms with Gasteiger partial charge in [0.2, 0.25) is 0 Å². The molecule has 0 bridgehead atoms. The minimum Gasteiger partial charge on any atom is -0.496 e. The van der Waals surface area contributed by atoms with Crippen LogP contribution in [-0.2, 0) is 0 Å². The molecule has 0 aliphatic rings. The molecule has 17 heavy (non-hydrogen) atoms. The Hall–Kier alpha value is -1.39. The number of rotatable bonds is 3. The van der Waals surface area contributed by atoms with Gasteiger partial charge in [-0.2, -0.15) is 0 Å². The Morgan fingerprint density at radius 1 is 1.41 bits per heavy atom. The monoisotopic (exact) mass is 249 g/mol. The Bertz CT molecular complexity index is 520. The van der Waals surface area contributed by atoms with E-state index in [4.69, 9.17) is 4.74 Å². The van der Waals surface area contributed by atoms with E-state index in [1.54, 1.807) is 20.2 Å². The molecule has 4 heteroatoms. The van der Waals surface area contributed by atoms with Crippen molar-refractivity contribution in [2.75, 3.05) is 7.11 Å². The summed E-state index contributed by atoms with van der Waals surface area (Å²) in [6.45, 7) is 3.75. The number of hydrogen-bond acceptors (Lipinski definition) is 4. The summed E-state index contributed by atoms with van der Waals surface area (Å²) in [6, 6.07) is 5.97. The van der Waals surface area contributed by atoms with Crippen LogP contribution in [0, 0.1) is 6.92 Å². The van der Waals surface area contributed by atoms with Crippen LogP contribution in [0.3, 0.4) is 0 Å². The summed E-state index contributed by atoms with van der Waals surface area (Å²) in [5.74, 6) is 0.876. The van der Waals surface area contributed by atoms with Crippen LogP contribution in [0.15, 0.2) is 24.4 Å². The molecule has 90 valence electrons. The second kappa shape index (κ2) is 4.85. The smallest absolute Gasteiger partial charge is 0.123 e. The van der Waals surface area contributed by atoms with Crippen molar-refractivity contribution in [3.8, 4) is 16.3 Å². The topological polar surface area (TPSA) is 42.4 Å². The molecule has 1 heterocycles. The zero-order valence-electron chi connectivity index (χ0n) is 10.1. The number of aromatic nitrogens is 1. The summed E-state index contributed by atoms with van der Waals surface area (Å²) in [6.07, 6.45) is 1.27. The lowest BCUT2D eigenvalue weighted by atomic mass is 10.1. The largest absolute Gasteiger partial charge is 0.496 e. The molecule has 3 nitrogen and oxygen atoms in total. The number of aliphatic hydroxyl groups excluding tert-OH is 1. The average Bonchev–Trinajstić information content (AvgIpc) is 2.78. The maximum Gasteiger partial charge on any atom is 0.123 e. The Labute approximate surface area is 105 Å². The van der Waals surface area contributed by atoms with Gasteiger partial charge in [0.1, 0.15) is 10.8 Å². The highest BCUT2D eigenvalue weighted by Crippen LogP contribution is 2.31. The number of nitrogens with zero attached hydrogens (tertiary/aromatic N) is 1. The highest BCUT2D eigenvalue weighted by molar-refractivity contribution is 7.15. The first kappa shape index (κ1) is 12.1. The normalized spacial score (nSPS) is 12.5.